The Morgan fingerprint density at radius 1 is 0.735 bits per heavy atom. The first-order valence-corrected chi connectivity index (χ1v) is 11.2. The highest BCUT2D eigenvalue weighted by atomic mass is 16.7. The zero-order valence-corrected chi connectivity index (χ0v) is 18.6. The van der Waals surface area contributed by atoms with Crippen LogP contribution in [-0.2, 0) is 32.2 Å². The normalized spacial score (nSPS) is 24.5. The maximum Gasteiger partial charge on any atom is 0.338 e. The maximum atomic E-state index is 12.3. The van der Waals surface area contributed by atoms with Crippen LogP contribution in [0, 0.1) is 0 Å². The molecule has 0 aliphatic carbocycles. The molecule has 0 radical (unpaired) electrons. The lowest BCUT2D eigenvalue weighted by Gasteiger charge is -2.42. The van der Waals surface area contributed by atoms with E-state index in [1.54, 1.807) is 30.3 Å². The molecule has 4 rings (SSSR count). The number of hydrogen-bond acceptors (Lipinski definition) is 7. The first-order valence-electron chi connectivity index (χ1n) is 11.2. The predicted octanol–water partition coefficient (Wildman–Crippen LogP) is 3.09. The second-order valence-corrected chi connectivity index (χ2v) is 8.04. The molecule has 0 spiro atoms. The molecule has 0 amide bonds. The highest BCUT2D eigenvalue weighted by Crippen LogP contribution is 2.27. The van der Waals surface area contributed by atoms with Crippen molar-refractivity contribution < 1.29 is 34.0 Å². The summed E-state index contributed by atoms with van der Waals surface area (Å²) >= 11 is 0. The van der Waals surface area contributed by atoms with Crippen molar-refractivity contribution in [1.82, 2.24) is 0 Å². The third-order valence-electron chi connectivity index (χ3n) is 5.60. The number of hydrogen-bond donors (Lipinski definition) is 2. The molecule has 0 saturated carbocycles. The van der Waals surface area contributed by atoms with Gasteiger partial charge in [-0.3, -0.25) is 0 Å². The van der Waals surface area contributed by atoms with Gasteiger partial charge >= 0.3 is 5.97 Å². The molecule has 1 saturated heterocycles. The number of benzene rings is 3. The third-order valence-corrected chi connectivity index (χ3v) is 5.60. The SMILES string of the molecule is O=C(OC[C@@H]1O[C@H](O)[C@@H](OCc2ccccc2)[C@@H](OCc2ccccc2)[C@@H]1O)c1ccccc1. The van der Waals surface area contributed by atoms with E-state index < -0.39 is 36.7 Å². The Kier molecular flexibility index (Phi) is 8.41. The molecule has 5 atom stereocenters. The second kappa shape index (κ2) is 11.9. The molecule has 178 valence electrons. The van der Waals surface area contributed by atoms with Crippen molar-refractivity contribution in [3.8, 4) is 0 Å². The lowest BCUT2D eigenvalue weighted by atomic mass is 9.98. The van der Waals surface area contributed by atoms with Gasteiger partial charge in [0.1, 0.15) is 31.0 Å². The molecule has 0 aromatic heterocycles. The molecule has 1 aliphatic rings. The van der Waals surface area contributed by atoms with Gasteiger partial charge in [0.2, 0.25) is 0 Å². The van der Waals surface area contributed by atoms with E-state index in [-0.39, 0.29) is 19.8 Å². The predicted molar refractivity (Wildman–Crippen MR) is 124 cm³/mol. The number of aliphatic hydroxyl groups excluding tert-OH is 2. The van der Waals surface area contributed by atoms with E-state index in [0.29, 0.717) is 5.56 Å². The van der Waals surface area contributed by atoms with Gasteiger partial charge in [-0.15, -0.1) is 0 Å². The van der Waals surface area contributed by atoms with Crippen molar-refractivity contribution in [2.75, 3.05) is 6.61 Å². The molecule has 1 heterocycles. The molecule has 3 aromatic rings. The van der Waals surface area contributed by atoms with E-state index in [0.717, 1.165) is 11.1 Å². The number of carbonyl (C=O) groups excluding carboxylic acids is 1. The number of aliphatic hydroxyl groups is 2. The summed E-state index contributed by atoms with van der Waals surface area (Å²) in [6, 6.07) is 27.5. The molecule has 1 fully saturated rings. The van der Waals surface area contributed by atoms with Crippen molar-refractivity contribution in [2.24, 2.45) is 0 Å². The molecule has 0 bridgehead atoms. The largest absolute Gasteiger partial charge is 0.459 e. The minimum Gasteiger partial charge on any atom is -0.459 e. The monoisotopic (exact) mass is 464 g/mol. The summed E-state index contributed by atoms with van der Waals surface area (Å²) in [6.07, 6.45) is -5.42. The fourth-order valence-electron chi connectivity index (χ4n) is 3.76. The fraction of sp³-hybridized carbons (Fsp3) is 0.296. The second-order valence-electron chi connectivity index (χ2n) is 8.04. The fourth-order valence-corrected chi connectivity index (χ4v) is 3.76. The van der Waals surface area contributed by atoms with Gasteiger partial charge in [0.25, 0.3) is 0 Å². The first kappa shape index (κ1) is 24.1. The molecule has 7 nitrogen and oxygen atoms in total. The van der Waals surface area contributed by atoms with Crippen molar-refractivity contribution in [3.63, 3.8) is 0 Å². The Bertz CT molecular complexity index is 1010. The van der Waals surface area contributed by atoms with Crippen LogP contribution in [0.1, 0.15) is 21.5 Å². The molecular weight excluding hydrogens is 436 g/mol. The number of esters is 1. The summed E-state index contributed by atoms with van der Waals surface area (Å²) in [7, 11) is 0. The highest BCUT2D eigenvalue weighted by molar-refractivity contribution is 5.89. The van der Waals surface area contributed by atoms with Crippen LogP contribution in [-0.4, -0.2) is 53.5 Å². The van der Waals surface area contributed by atoms with E-state index >= 15 is 0 Å². The molecule has 34 heavy (non-hydrogen) atoms. The average molecular weight is 465 g/mol. The summed E-state index contributed by atoms with van der Waals surface area (Å²) in [5, 5.41) is 21.7. The summed E-state index contributed by atoms with van der Waals surface area (Å²) in [5.74, 6) is -0.546. The van der Waals surface area contributed by atoms with Gasteiger partial charge in [0, 0.05) is 0 Å². The van der Waals surface area contributed by atoms with E-state index in [1.165, 1.54) is 0 Å². The Morgan fingerprint density at radius 2 is 1.24 bits per heavy atom. The molecule has 1 aliphatic heterocycles. The summed E-state index contributed by atoms with van der Waals surface area (Å²) in [4.78, 5) is 12.3. The van der Waals surface area contributed by atoms with Crippen LogP contribution in [0.3, 0.4) is 0 Å². The van der Waals surface area contributed by atoms with Gasteiger partial charge in [-0.05, 0) is 23.3 Å². The molecular formula is C27H28O7. The maximum absolute atomic E-state index is 12.3. The van der Waals surface area contributed by atoms with Gasteiger partial charge in [-0.2, -0.15) is 0 Å². The van der Waals surface area contributed by atoms with Gasteiger partial charge in [0.05, 0.1) is 18.8 Å². The summed E-state index contributed by atoms with van der Waals surface area (Å²) in [6.45, 7) is 0.164. The molecule has 2 N–H and O–H groups in total. The number of carbonyl (C=O) groups is 1. The van der Waals surface area contributed by atoms with Crippen molar-refractivity contribution >= 4 is 5.97 Å². The standard InChI is InChI=1S/C27H28O7/c28-23-22(18-33-26(29)21-14-8-3-9-15-21)34-27(30)25(32-17-20-12-6-2-7-13-20)24(23)31-16-19-10-4-1-5-11-19/h1-15,22-25,27-28,30H,16-18H2/t22-,23+,24-,25-,27-/m0/s1. The average Bonchev–Trinajstić information content (AvgIpc) is 2.89. The minimum absolute atomic E-state index is 0.205. The van der Waals surface area contributed by atoms with Crippen molar-refractivity contribution in [3.05, 3.63) is 108 Å². The molecule has 7 heteroatoms. The van der Waals surface area contributed by atoms with Crippen molar-refractivity contribution in [1.29, 1.82) is 0 Å². The smallest absolute Gasteiger partial charge is 0.338 e. The van der Waals surface area contributed by atoms with Crippen LogP contribution < -0.4 is 0 Å². The van der Waals surface area contributed by atoms with Crippen LogP contribution in [0.25, 0.3) is 0 Å². The Labute approximate surface area is 198 Å². The van der Waals surface area contributed by atoms with E-state index in [2.05, 4.69) is 0 Å². The van der Waals surface area contributed by atoms with Crippen LogP contribution in [0.15, 0.2) is 91.0 Å². The first-order chi connectivity index (χ1) is 16.6. The zero-order valence-electron chi connectivity index (χ0n) is 18.6. The van der Waals surface area contributed by atoms with E-state index in [4.69, 9.17) is 18.9 Å². The third kappa shape index (κ3) is 6.28. The zero-order chi connectivity index (χ0) is 23.8. The highest BCUT2D eigenvalue weighted by Gasteiger charge is 2.46. The van der Waals surface area contributed by atoms with Crippen LogP contribution in [0.5, 0.6) is 0 Å². The Balaban J connectivity index is 1.44. The molecule has 0 unspecified atom stereocenters. The minimum atomic E-state index is -1.38. The summed E-state index contributed by atoms with van der Waals surface area (Å²) in [5.41, 5.74) is 2.20. The number of rotatable bonds is 9. The van der Waals surface area contributed by atoms with Crippen LogP contribution >= 0.6 is 0 Å². The Hall–Kier alpha value is -3.07. The topological polar surface area (TPSA) is 94.5 Å². The summed E-state index contributed by atoms with van der Waals surface area (Å²) < 4.78 is 22.9. The van der Waals surface area contributed by atoms with Gasteiger partial charge in [0.15, 0.2) is 6.29 Å². The van der Waals surface area contributed by atoms with E-state index in [9.17, 15) is 15.0 Å². The van der Waals surface area contributed by atoms with Gasteiger partial charge in [-0.1, -0.05) is 78.9 Å². The Morgan fingerprint density at radius 3 is 1.79 bits per heavy atom. The van der Waals surface area contributed by atoms with Gasteiger partial charge < -0.3 is 29.2 Å². The van der Waals surface area contributed by atoms with E-state index in [1.807, 2.05) is 60.7 Å². The van der Waals surface area contributed by atoms with Crippen LogP contribution in [0.4, 0.5) is 0 Å². The van der Waals surface area contributed by atoms with Crippen LogP contribution in [0.2, 0.25) is 0 Å². The lowest BCUT2D eigenvalue weighted by Crippen LogP contribution is -2.60. The number of ether oxygens (including phenoxy) is 4. The van der Waals surface area contributed by atoms with Gasteiger partial charge in [-0.25, -0.2) is 4.79 Å². The molecule has 3 aromatic carbocycles. The van der Waals surface area contributed by atoms with Crippen molar-refractivity contribution in [2.45, 2.75) is 43.9 Å². The lowest BCUT2D eigenvalue weighted by molar-refractivity contribution is -0.307. The quantitative estimate of drug-likeness (QED) is 0.470.